The van der Waals surface area contributed by atoms with Gasteiger partial charge in [0.05, 0.1) is 12.7 Å². The number of nitrogens with zero attached hydrogens (tertiary/aromatic N) is 3. The lowest BCUT2D eigenvalue weighted by Crippen LogP contribution is -2.30. The largest absolute Gasteiger partial charge is 0.340 e. The standard InChI is InChI=1S/C9H12N6O/c16-9-11-8(13-14-9)5-15-2-1-7-6(4-15)3-10-12-7/h3H,1-2,4-5H2,(H,10,12)(H2,11,13,14,16). The molecule has 0 atom stereocenters. The average molecular weight is 220 g/mol. The zero-order valence-electron chi connectivity index (χ0n) is 8.66. The fourth-order valence-electron chi connectivity index (χ4n) is 2.01. The molecule has 0 amide bonds. The first-order chi connectivity index (χ1) is 7.81. The number of hydrogen-bond donors (Lipinski definition) is 3. The molecule has 0 fully saturated rings. The number of hydrogen-bond acceptors (Lipinski definition) is 4. The molecular weight excluding hydrogens is 208 g/mol. The first kappa shape index (κ1) is 9.34. The Bertz CT molecular complexity index is 538. The predicted octanol–water partition coefficient (Wildman–Crippen LogP) is -0.621. The normalized spacial score (nSPS) is 16.2. The van der Waals surface area contributed by atoms with Gasteiger partial charge in [-0.3, -0.25) is 15.0 Å². The molecule has 3 rings (SSSR count). The predicted molar refractivity (Wildman–Crippen MR) is 55.6 cm³/mol. The second-order valence-corrected chi connectivity index (χ2v) is 3.96. The van der Waals surface area contributed by atoms with Crippen LogP contribution in [0.4, 0.5) is 0 Å². The van der Waals surface area contributed by atoms with Crippen molar-refractivity contribution < 1.29 is 0 Å². The van der Waals surface area contributed by atoms with E-state index >= 15 is 0 Å². The monoisotopic (exact) mass is 220 g/mol. The zero-order valence-corrected chi connectivity index (χ0v) is 8.66. The van der Waals surface area contributed by atoms with E-state index in [9.17, 15) is 4.79 Å². The fourth-order valence-corrected chi connectivity index (χ4v) is 2.01. The second-order valence-electron chi connectivity index (χ2n) is 3.96. The number of H-pyrrole nitrogens is 3. The van der Waals surface area contributed by atoms with Gasteiger partial charge in [-0.15, -0.1) is 0 Å². The first-order valence-corrected chi connectivity index (χ1v) is 5.18. The number of rotatable bonds is 2. The molecule has 0 aliphatic carbocycles. The van der Waals surface area contributed by atoms with Crippen LogP contribution < -0.4 is 5.69 Å². The van der Waals surface area contributed by atoms with Crippen molar-refractivity contribution in [3.8, 4) is 0 Å². The third-order valence-corrected chi connectivity index (χ3v) is 2.80. The number of nitrogens with one attached hydrogen (secondary N) is 3. The van der Waals surface area contributed by atoms with Crippen molar-refractivity contribution in [3.63, 3.8) is 0 Å². The van der Waals surface area contributed by atoms with E-state index in [1.807, 2.05) is 6.20 Å². The quantitative estimate of drug-likeness (QED) is 0.628. The molecule has 0 unspecified atom stereocenters. The summed E-state index contributed by atoms with van der Waals surface area (Å²) in [5.74, 6) is 0.678. The summed E-state index contributed by atoms with van der Waals surface area (Å²) in [6, 6.07) is 0. The van der Waals surface area contributed by atoms with Gasteiger partial charge in [0.25, 0.3) is 0 Å². The third kappa shape index (κ3) is 1.65. The van der Waals surface area contributed by atoms with Gasteiger partial charge in [-0.05, 0) is 0 Å². The van der Waals surface area contributed by atoms with E-state index in [0.717, 1.165) is 19.5 Å². The van der Waals surface area contributed by atoms with Crippen molar-refractivity contribution >= 4 is 0 Å². The lowest BCUT2D eigenvalue weighted by molar-refractivity contribution is 0.239. The van der Waals surface area contributed by atoms with Crippen LogP contribution in [0.1, 0.15) is 17.1 Å². The summed E-state index contributed by atoms with van der Waals surface area (Å²) in [4.78, 5) is 15.8. The molecule has 1 aliphatic heterocycles. The fraction of sp³-hybridized carbons (Fsp3) is 0.444. The van der Waals surface area contributed by atoms with Gasteiger partial charge in [-0.25, -0.2) is 9.89 Å². The lowest BCUT2D eigenvalue weighted by atomic mass is 10.1. The highest BCUT2D eigenvalue weighted by Gasteiger charge is 2.18. The maximum atomic E-state index is 10.9. The van der Waals surface area contributed by atoms with Crippen LogP contribution in [0.5, 0.6) is 0 Å². The Morgan fingerprint density at radius 2 is 2.38 bits per heavy atom. The van der Waals surface area contributed by atoms with Crippen molar-refractivity contribution in [1.29, 1.82) is 0 Å². The van der Waals surface area contributed by atoms with Gasteiger partial charge in [-0.1, -0.05) is 0 Å². The van der Waals surface area contributed by atoms with Crippen molar-refractivity contribution in [2.24, 2.45) is 0 Å². The van der Waals surface area contributed by atoms with Crippen molar-refractivity contribution in [2.75, 3.05) is 6.54 Å². The van der Waals surface area contributed by atoms with Crippen LogP contribution >= 0.6 is 0 Å². The van der Waals surface area contributed by atoms with Gasteiger partial charge >= 0.3 is 5.69 Å². The molecule has 16 heavy (non-hydrogen) atoms. The Kier molecular flexibility index (Phi) is 2.10. The highest BCUT2D eigenvalue weighted by Crippen LogP contribution is 2.16. The van der Waals surface area contributed by atoms with E-state index in [0.29, 0.717) is 12.4 Å². The Morgan fingerprint density at radius 1 is 1.44 bits per heavy atom. The Hall–Kier alpha value is -1.89. The molecule has 0 spiro atoms. The molecule has 2 aromatic heterocycles. The van der Waals surface area contributed by atoms with E-state index in [2.05, 4.69) is 30.3 Å². The molecule has 7 heteroatoms. The van der Waals surface area contributed by atoms with Gasteiger partial charge in [0.2, 0.25) is 0 Å². The second kappa shape index (κ2) is 3.60. The zero-order chi connectivity index (χ0) is 11.0. The van der Waals surface area contributed by atoms with Gasteiger partial charge < -0.3 is 0 Å². The van der Waals surface area contributed by atoms with Crippen molar-refractivity contribution in [2.45, 2.75) is 19.5 Å². The molecule has 0 bridgehead atoms. The summed E-state index contributed by atoms with van der Waals surface area (Å²) in [6.45, 7) is 2.45. The van der Waals surface area contributed by atoms with Crippen LogP contribution in [0.25, 0.3) is 0 Å². The summed E-state index contributed by atoms with van der Waals surface area (Å²) in [6.07, 6.45) is 2.82. The number of aromatic amines is 3. The molecule has 84 valence electrons. The molecule has 1 aliphatic rings. The maximum Gasteiger partial charge on any atom is 0.340 e. The summed E-state index contributed by atoms with van der Waals surface area (Å²) < 4.78 is 0. The van der Waals surface area contributed by atoms with Gasteiger partial charge in [0.1, 0.15) is 5.82 Å². The highest BCUT2D eigenvalue weighted by atomic mass is 16.1. The number of aromatic nitrogens is 5. The summed E-state index contributed by atoms with van der Waals surface area (Å²) in [5, 5.41) is 13.3. The molecule has 0 radical (unpaired) electrons. The third-order valence-electron chi connectivity index (χ3n) is 2.80. The van der Waals surface area contributed by atoms with Crippen LogP contribution in [0, 0.1) is 0 Å². The maximum absolute atomic E-state index is 10.9. The molecular formula is C9H12N6O. The minimum Gasteiger partial charge on any atom is -0.292 e. The van der Waals surface area contributed by atoms with Crippen LogP contribution in [0.2, 0.25) is 0 Å². The number of fused-ring (bicyclic) bond motifs is 1. The molecule has 2 aromatic rings. The minimum atomic E-state index is -0.254. The lowest BCUT2D eigenvalue weighted by Gasteiger charge is -2.24. The van der Waals surface area contributed by atoms with E-state index < -0.39 is 0 Å². The molecule has 3 heterocycles. The van der Waals surface area contributed by atoms with E-state index in [4.69, 9.17) is 0 Å². The van der Waals surface area contributed by atoms with Crippen LogP contribution in [0.15, 0.2) is 11.0 Å². The highest BCUT2D eigenvalue weighted by molar-refractivity contribution is 5.18. The van der Waals surface area contributed by atoms with E-state index in [1.165, 1.54) is 11.3 Å². The summed E-state index contributed by atoms with van der Waals surface area (Å²) in [7, 11) is 0. The minimum absolute atomic E-state index is 0.254. The average Bonchev–Trinajstić information content (AvgIpc) is 2.87. The molecule has 0 saturated carbocycles. The molecule has 3 N–H and O–H groups in total. The summed E-state index contributed by atoms with van der Waals surface area (Å²) >= 11 is 0. The van der Waals surface area contributed by atoms with Gasteiger partial charge in [0.15, 0.2) is 0 Å². The Balaban J connectivity index is 1.72. The topological polar surface area (TPSA) is 93.5 Å². The van der Waals surface area contributed by atoms with Crippen LogP contribution in [-0.4, -0.2) is 36.8 Å². The first-order valence-electron chi connectivity index (χ1n) is 5.18. The molecule has 0 saturated heterocycles. The molecule has 0 aromatic carbocycles. The summed E-state index contributed by atoms with van der Waals surface area (Å²) in [5.41, 5.74) is 2.19. The van der Waals surface area contributed by atoms with Crippen LogP contribution in [0.3, 0.4) is 0 Å². The van der Waals surface area contributed by atoms with Gasteiger partial charge in [0, 0.05) is 30.8 Å². The van der Waals surface area contributed by atoms with Crippen molar-refractivity contribution in [3.05, 3.63) is 33.8 Å². The Labute approximate surface area is 90.9 Å². The van der Waals surface area contributed by atoms with E-state index in [1.54, 1.807) is 0 Å². The molecule has 7 nitrogen and oxygen atoms in total. The van der Waals surface area contributed by atoms with E-state index in [-0.39, 0.29) is 5.69 Å². The Morgan fingerprint density at radius 3 is 3.19 bits per heavy atom. The van der Waals surface area contributed by atoms with Crippen LogP contribution in [-0.2, 0) is 19.5 Å². The van der Waals surface area contributed by atoms with Crippen molar-refractivity contribution in [1.82, 2.24) is 30.3 Å². The van der Waals surface area contributed by atoms with Gasteiger partial charge in [-0.2, -0.15) is 10.2 Å². The SMILES string of the molecule is O=c1[nH]nc(CN2CCc3[nH]ncc3C2)[nH]1. The smallest absolute Gasteiger partial charge is 0.292 e.